The van der Waals surface area contributed by atoms with Crippen molar-refractivity contribution in [3.05, 3.63) is 66.0 Å². The van der Waals surface area contributed by atoms with E-state index < -0.39 is 5.97 Å². The Hall–Kier alpha value is -3.98. The third-order valence-electron chi connectivity index (χ3n) is 6.71. The van der Waals surface area contributed by atoms with Crippen molar-refractivity contribution in [3.8, 4) is 17.2 Å². The number of piperidine rings is 1. The zero-order chi connectivity index (χ0) is 26.5. The van der Waals surface area contributed by atoms with Crippen LogP contribution in [-0.2, 0) is 17.8 Å². The molecule has 1 saturated heterocycles. The lowest BCUT2D eigenvalue weighted by molar-refractivity contribution is -0.136. The van der Waals surface area contributed by atoms with Gasteiger partial charge in [0.2, 0.25) is 0 Å². The summed E-state index contributed by atoms with van der Waals surface area (Å²) in [5.74, 6) is 0.638. The van der Waals surface area contributed by atoms with Gasteiger partial charge in [-0.25, -0.2) is 0 Å². The fraction of sp³-hybridized carbons (Fsp3) is 0.379. The Labute approximate surface area is 222 Å². The third kappa shape index (κ3) is 5.62. The van der Waals surface area contributed by atoms with Crippen molar-refractivity contribution in [2.75, 3.05) is 31.2 Å². The van der Waals surface area contributed by atoms with E-state index in [1.54, 1.807) is 18.2 Å². The largest absolute Gasteiger partial charge is 0.492 e. The number of anilines is 1. The van der Waals surface area contributed by atoms with Crippen LogP contribution in [0.4, 0.5) is 6.01 Å². The Morgan fingerprint density at radius 3 is 2.39 bits per heavy atom. The molecule has 0 amide bonds. The highest BCUT2D eigenvalue weighted by molar-refractivity contribution is 5.78. The zero-order valence-electron chi connectivity index (χ0n) is 21.9. The maximum Gasteiger partial charge on any atom is 0.307 e. The van der Waals surface area contributed by atoms with E-state index >= 15 is 0 Å². The molecule has 38 heavy (non-hydrogen) atoms. The van der Waals surface area contributed by atoms with Gasteiger partial charge in [-0.1, -0.05) is 6.07 Å². The molecule has 0 bridgehead atoms. The molecule has 2 N–H and O–H groups in total. The molecule has 1 aliphatic rings. The first-order valence-corrected chi connectivity index (χ1v) is 13.2. The highest BCUT2D eigenvalue weighted by Gasteiger charge is 2.27. The summed E-state index contributed by atoms with van der Waals surface area (Å²) in [5, 5.41) is 12.6. The van der Waals surface area contributed by atoms with Crippen LogP contribution in [0.3, 0.4) is 0 Å². The number of nitrogens with one attached hydrogen (secondary N) is 1. The fourth-order valence-corrected chi connectivity index (χ4v) is 5.03. The van der Waals surface area contributed by atoms with Gasteiger partial charge >= 0.3 is 5.97 Å². The summed E-state index contributed by atoms with van der Waals surface area (Å²) in [5.41, 5.74) is 3.90. The summed E-state index contributed by atoms with van der Waals surface area (Å²) in [4.78, 5) is 18.2. The van der Waals surface area contributed by atoms with E-state index in [4.69, 9.17) is 18.9 Å². The van der Waals surface area contributed by atoms with Crippen LogP contribution in [0.2, 0.25) is 0 Å². The van der Waals surface area contributed by atoms with Gasteiger partial charge in [-0.2, -0.15) is 4.98 Å². The highest BCUT2D eigenvalue weighted by atomic mass is 16.5. The maximum atomic E-state index is 11.2. The molecule has 0 atom stereocenters. The molecule has 5 rings (SSSR count). The lowest BCUT2D eigenvalue weighted by Crippen LogP contribution is -2.43. The van der Waals surface area contributed by atoms with Crippen LogP contribution in [-0.4, -0.2) is 53.0 Å². The fourth-order valence-electron chi connectivity index (χ4n) is 5.03. The number of carboxylic acid groups (broad SMARTS) is 1. The SMILES string of the molecule is CCOc1cc(CN(c2nc3cc(CC(=O)O)ccc3o2)C2CCNCC2)cc(OCC)c1-n1cccc1. The average Bonchev–Trinajstić information content (AvgIpc) is 3.58. The molecule has 3 heterocycles. The summed E-state index contributed by atoms with van der Waals surface area (Å²) >= 11 is 0. The second kappa shape index (κ2) is 11.6. The van der Waals surface area contributed by atoms with Gasteiger partial charge in [-0.05, 0) is 87.3 Å². The maximum absolute atomic E-state index is 11.2. The van der Waals surface area contributed by atoms with Crippen molar-refractivity contribution in [1.82, 2.24) is 14.9 Å². The number of oxazole rings is 1. The lowest BCUT2D eigenvalue weighted by atomic mass is 10.0. The molecule has 1 fully saturated rings. The molecule has 0 unspecified atom stereocenters. The molecule has 2 aromatic carbocycles. The van der Waals surface area contributed by atoms with Crippen molar-refractivity contribution in [3.63, 3.8) is 0 Å². The Balaban J connectivity index is 1.54. The number of rotatable bonds is 11. The van der Waals surface area contributed by atoms with Crippen molar-refractivity contribution in [2.45, 2.75) is 45.7 Å². The first-order valence-electron chi connectivity index (χ1n) is 13.2. The number of ether oxygens (including phenoxy) is 2. The predicted molar refractivity (Wildman–Crippen MR) is 146 cm³/mol. The van der Waals surface area contributed by atoms with E-state index in [0.29, 0.717) is 42.4 Å². The summed E-state index contributed by atoms with van der Waals surface area (Å²) in [6.07, 6.45) is 5.84. The van der Waals surface area contributed by atoms with Crippen LogP contribution in [0, 0.1) is 0 Å². The number of carbonyl (C=O) groups is 1. The van der Waals surface area contributed by atoms with Crippen LogP contribution in [0.1, 0.15) is 37.8 Å². The van der Waals surface area contributed by atoms with E-state index in [-0.39, 0.29) is 12.5 Å². The van der Waals surface area contributed by atoms with E-state index in [2.05, 4.69) is 22.3 Å². The van der Waals surface area contributed by atoms with Gasteiger partial charge in [-0.3, -0.25) is 4.79 Å². The molecule has 4 aromatic rings. The third-order valence-corrected chi connectivity index (χ3v) is 6.71. The lowest BCUT2D eigenvalue weighted by Gasteiger charge is -2.34. The predicted octanol–water partition coefficient (Wildman–Crippen LogP) is 4.80. The molecule has 9 nitrogen and oxygen atoms in total. The van der Waals surface area contributed by atoms with Crippen LogP contribution >= 0.6 is 0 Å². The van der Waals surface area contributed by atoms with Crippen LogP contribution in [0.15, 0.2) is 59.3 Å². The molecule has 1 aliphatic heterocycles. The number of aliphatic carboxylic acids is 1. The smallest absolute Gasteiger partial charge is 0.307 e. The van der Waals surface area contributed by atoms with Gasteiger partial charge < -0.3 is 33.8 Å². The topological polar surface area (TPSA) is 102 Å². The Morgan fingerprint density at radius 2 is 1.76 bits per heavy atom. The number of aromatic nitrogens is 2. The minimum Gasteiger partial charge on any atom is -0.492 e. The second-order valence-corrected chi connectivity index (χ2v) is 9.38. The minimum absolute atomic E-state index is 0.0513. The highest BCUT2D eigenvalue weighted by Crippen LogP contribution is 2.37. The molecular formula is C29H34N4O5. The quantitative estimate of drug-likeness (QED) is 0.292. The molecule has 0 spiro atoms. The van der Waals surface area contributed by atoms with Crippen molar-refractivity contribution in [1.29, 1.82) is 0 Å². The number of fused-ring (bicyclic) bond motifs is 1. The van der Waals surface area contributed by atoms with E-state index in [1.165, 1.54) is 0 Å². The standard InChI is InChI=1S/C29H34N4O5/c1-3-36-25-16-21(17-26(37-4-2)28(25)32-13-5-6-14-32)19-33(22-9-11-30-12-10-22)29-31-23-15-20(18-27(34)35)7-8-24(23)38-29/h5-8,13-17,22,30H,3-4,9-12,18-19H2,1-2H3,(H,34,35). The van der Waals surface area contributed by atoms with Crippen LogP contribution in [0.25, 0.3) is 16.8 Å². The van der Waals surface area contributed by atoms with Crippen LogP contribution < -0.4 is 19.7 Å². The molecule has 0 radical (unpaired) electrons. The molecule has 0 aliphatic carbocycles. The average molecular weight is 519 g/mol. The monoisotopic (exact) mass is 518 g/mol. The number of hydrogen-bond donors (Lipinski definition) is 2. The summed E-state index contributed by atoms with van der Waals surface area (Å²) in [7, 11) is 0. The Bertz CT molecular complexity index is 1350. The number of hydrogen-bond acceptors (Lipinski definition) is 7. The van der Waals surface area contributed by atoms with Crippen LogP contribution in [0.5, 0.6) is 11.5 Å². The summed E-state index contributed by atoms with van der Waals surface area (Å²) in [6, 6.07) is 14.2. The first kappa shape index (κ1) is 25.7. The molecular weight excluding hydrogens is 484 g/mol. The molecule has 9 heteroatoms. The van der Waals surface area contributed by atoms with Gasteiger partial charge in [0.05, 0.1) is 19.6 Å². The second-order valence-electron chi connectivity index (χ2n) is 9.38. The van der Waals surface area contributed by atoms with Gasteiger partial charge in [0.15, 0.2) is 5.58 Å². The summed E-state index contributed by atoms with van der Waals surface area (Å²) < 4.78 is 20.4. The van der Waals surface area contributed by atoms with E-state index in [9.17, 15) is 9.90 Å². The zero-order valence-corrected chi connectivity index (χ0v) is 21.9. The van der Waals surface area contributed by atoms with Crippen molar-refractivity contribution < 1.29 is 23.8 Å². The molecule has 200 valence electrons. The van der Waals surface area contributed by atoms with Gasteiger partial charge in [0.25, 0.3) is 6.01 Å². The van der Waals surface area contributed by atoms with Crippen molar-refractivity contribution in [2.24, 2.45) is 0 Å². The van der Waals surface area contributed by atoms with E-state index in [1.807, 2.05) is 42.9 Å². The molecule has 2 aromatic heterocycles. The molecule has 0 saturated carbocycles. The minimum atomic E-state index is -0.872. The normalized spacial score (nSPS) is 14.1. The number of carboxylic acids is 1. The van der Waals surface area contributed by atoms with Gasteiger partial charge in [-0.15, -0.1) is 0 Å². The summed E-state index contributed by atoms with van der Waals surface area (Å²) in [6.45, 7) is 7.42. The van der Waals surface area contributed by atoms with Gasteiger partial charge in [0, 0.05) is 25.0 Å². The Kier molecular flexibility index (Phi) is 7.83. The first-order chi connectivity index (χ1) is 18.6. The van der Waals surface area contributed by atoms with Crippen molar-refractivity contribution >= 4 is 23.1 Å². The van der Waals surface area contributed by atoms with E-state index in [0.717, 1.165) is 48.7 Å². The van der Waals surface area contributed by atoms with Gasteiger partial charge in [0.1, 0.15) is 22.7 Å². The number of benzene rings is 2. The Morgan fingerprint density at radius 1 is 1.08 bits per heavy atom. The number of nitrogens with zero attached hydrogens (tertiary/aromatic N) is 3.